The fourth-order valence-corrected chi connectivity index (χ4v) is 4.55. The SMILES string of the molecule is Clc1ccc(-c2nn(CCC3CCCCC3)c3c2CCNCC3)cc1. The van der Waals surface area contributed by atoms with Gasteiger partial charge in [0.25, 0.3) is 0 Å². The molecule has 1 aromatic heterocycles. The average molecular weight is 358 g/mol. The molecule has 0 amide bonds. The lowest BCUT2D eigenvalue weighted by Crippen LogP contribution is -2.18. The standard InChI is InChI=1S/C21H28ClN3/c22-18-8-6-17(7-9-18)21-19-10-13-23-14-11-20(19)25(24-21)15-12-16-4-2-1-3-5-16/h6-9,16,23H,1-5,10-15H2. The largest absolute Gasteiger partial charge is 0.316 e. The van der Waals surface area contributed by atoms with Gasteiger partial charge >= 0.3 is 0 Å². The van der Waals surface area contributed by atoms with Gasteiger partial charge in [-0.1, -0.05) is 55.8 Å². The third kappa shape index (κ3) is 3.93. The molecule has 0 atom stereocenters. The summed E-state index contributed by atoms with van der Waals surface area (Å²) in [4.78, 5) is 0. The van der Waals surface area contributed by atoms with Crippen LogP contribution in [0.25, 0.3) is 11.3 Å². The summed E-state index contributed by atoms with van der Waals surface area (Å²) in [5.41, 5.74) is 5.25. The monoisotopic (exact) mass is 357 g/mol. The molecule has 2 aromatic rings. The minimum atomic E-state index is 0.785. The first kappa shape index (κ1) is 17.1. The van der Waals surface area contributed by atoms with Crippen LogP contribution in [0.3, 0.4) is 0 Å². The molecule has 4 heteroatoms. The number of benzene rings is 1. The molecule has 2 heterocycles. The van der Waals surface area contributed by atoms with Crippen molar-refractivity contribution >= 4 is 11.6 Å². The van der Waals surface area contributed by atoms with E-state index in [1.807, 2.05) is 12.1 Å². The lowest BCUT2D eigenvalue weighted by molar-refractivity contribution is 0.317. The minimum absolute atomic E-state index is 0.785. The Morgan fingerprint density at radius 1 is 1.04 bits per heavy atom. The van der Waals surface area contributed by atoms with E-state index in [9.17, 15) is 0 Å². The van der Waals surface area contributed by atoms with Gasteiger partial charge in [-0.15, -0.1) is 0 Å². The van der Waals surface area contributed by atoms with E-state index in [2.05, 4.69) is 22.1 Å². The average Bonchev–Trinajstić information content (AvgIpc) is 2.82. The zero-order valence-electron chi connectivity index (χ0n) is 14.9. The van der Waals surface area contributed by atoms with Crippen molar-refractivity contribution in [2.45, 2.75) is 57.9 Å². The summed E-state index contributed by atoms with van der Waals surface area (Å²) in [7, 11) is 0. The molecule has 1 aromatic carbocycles. The van der Waals surface area contributed by atoms with Crippen molar-refractivity contribution in [1.29, 1.82) is 0 Å². The van der Waals surface area contributed by atoms with Crippen molar-refractivity contribution in [1.82, 2.24) is 15.1 Å². The molecular formula is C21H28ClN3. The second-order valence-electron chi connectivity index (χ2n) is 7.55. The van der Waals surface area contributed by atoms with Crippen LogP contribution >= 0.6 is 11.6 Å². The molecule has 1 aliphatic carbocycles. The van der Waals surface area contributed by atoms with Crippen molar-refractivity contribution in [2.75, 3.05) is 13.1 Å². The maximum atomic E-state index is 6.07. The number of halogens is 1. The van der Waals surface area contributed by atoms with Crippen molar-refractivity contribution in [3.05, 3.63) is 40.5 Å². The second kappa shape index (κ2) is 7.92. The Bertz CT molecular complexity index is 699. The normalized spacial score (nSPS) is 18.8. The van der Waals surface area contributed by atoms with Crippen LogP contribution in [0, 0.1) is 5.92 Å². The molecule has 1 aliphatic heterocycles. The van der Waals surface area contributed by atoms with E-state index in [0.29, 0.717) is 0 Å². The predicted molar refractivity (Wildman–Crippen MR) is 104 cm³/mol. The van der Waals surface area contributed by atoms with Gasteiger partial charge in [0, 0.05) is 41.4 Å². The molecule has 1 fully saturated rings. The van der Waals surface area contributed by atoms with Gasteiger partial charge in [0.2, 0.25) is 0 Å². The summed E-state index contributed by atoms with van der Waals surface area (Å²) in [6.07, 6.45) is 10.5. The summed E-state index contributed by atoms with van der Waals surface area (Å²) < 4.78 is 2.32. The fraction of sp³-hybridized carbons (Fsp3) is 0.571. The molecular weight excluding hydrogens is 330 g/mol. The molecule has 0 spiro atoms. The maximum absolute atomic E-state index is 6.07. The third-order valence-corrected chi connectivity index (χ3v) is 6.10. The van der Waals surface area contributed by atoms with Crippen molar-refractivity contribution in [3.63, 3.8) is 0 Å². The molecule has 25 heavy (non-hydrogen) atoms. The van der Waals surface area contributed by atoms with Crippen LogP contribution < -0.4 is 5.32 Å². The summed E-state index contributed by atoms with van der Waals surface area (Å²) >= 11 is 6.07. The first-order valence-corrected chi connectivity index (χ1v) is 10.2. The zero-order valence-corrected chi connectivity index (χ0v) is 15.7. The Labute approximate surface area is 155 Å². The van der Waals surface area contributed by atoms with E-state index < -0.39 is 0 Å². The fourth-order valence-electron chi connectivity index (χ4n) is 4.43. The minimum Gasteiger partial charge on any atom is -0.316 e. The summed E-state index contributed by atoms with van der Waals surface area (Å²) in [5, 5.41) is 9.39. The Morgan fingerprint density at radius 3 is 2.60 bits per heavy atom. The van der Waals surface area contributed by atoms with Gasteiger partial charge in [-0.25, -0.2) is 0 Å². The van der Waals surface area contributed by atoms with Crippen LogP contribution in [-0.2, 0) is 19.4 Å². The van der Waals surface area contributed by atoms with Gasteiger partial charge in [0.1, 0.15) is 0 Å². The van der Waals surface area contributed by atoms with Gasteiger partial charge in [-0.05, 0) is 37.4 Å². The lowest BCUT2D eigenvalue weighted by atomic mass is 9.87. The summed E-state index contributed by atoms with van der Waals surface area (Å²) in [6.45, 7) is 3.17. The molecule has 1 N–H and O–H groups in total. The Morgan fingerprint density at radius 2 is 1.80 bits per heavy atom. The van der Waals surface area contributed by atoms with Gasteiger partial charge in [0.15, 0.2) is 0 Å². The third-order valence-electron chi connectivity index (χ3n) is 5.85. The van der Waals surface area contributed by atoms with E-state index in [4.69, 9.17) is 16.7 Å². The van der Waals surface area contributed by atoms with Crippen molar-refractivity contribution in [2.24, 2.45) is 5.92 Å². The Kier molecular flexibility index (Phi) is 5.42. The van der Waals surface area contributed by atoms with E-state index in [1.54, 1.807) is 0 Å². The number of fused-ring (bicyclic) bond motifs is 1. The van der Waals surface area contributed by atoms with E-state index in [0.717, 1.165) is 43.4 Å². The number of aromatic nitrogens is 2. The summed E-state index contributed by atoms with van der Waals surface area (Å²) in [6, 6.07) is 8.15. The van der Waals surface area contributed by atoms with Crippen molar-refractivity contribution < 1.29 is 0 Å². The molecule has 0 saturated heterocycles. The number of aryl methyl sites for hydroxylation is 1. The number of nitrogens with zero attached hydrogens (tertiary/aromatic N) is 2. The Hall–Kier alpha value is -1.32. The maximum Gasteiger partial charge on any atom is 0.0958 e. The molecule has 1 saturated carbocycles. The van der Waals surface area contributed by atoms with Crippen LogP contribution in [0.5, 0.6) is 0 Å². The van der Waals surface area contributed by atoms with Crippen LogP contribution in [-0.4, -0.2) is 22.9 Å². The van der Waals surface area contributed by atoms with Crippen molar-refractivity contribution in [3.8, 4) is 11.3 Å². The first-order valence-electron chi connectivity index (χ1n) is 9.86. The number of hydrogen-bond acceptors (Lipinski definition) is 2. The molecule has 3 nitrogen and oxygen atoms in total. The smallest absolute Gasteiger partial charge is 0.0958 e. The number of hydrogen-bond donors (Lipinski definition) is 1. The highest BCUT2D eigenvalue weighted by Crippen LogP contribution is 2.30. The molecule has 0 unspecified atom stereocenters. The predicted octanol–water partition coefficient (Wildman–Crippen LogP) is 4.86. The number of nitrogens with one attached hydrogen (secondary N) is 1. The molecule has 4 rings (SSSR count). The number of rotatable bonds is 4. The van der Waals surface area contributed by atoms with E-state index in [1.165, 1.54) is 61.0 Å². The highest BCUT2D eigenvalue weighted by Gasteiger charge is 2.21. The highest BCUT2D eigenvalue weighted by atomic mass is 35.5. The topological polar surface area (TPSA) is 29.9 Å². The van der Waals surface area contributed by atoms with E-state index in [-0.39, 0.29) is 0 Å². The van der Waals surface area contributed by atoms with Gasteiger partial charge in [-0.2, -0.15) is 5.10 Å². The summed E-state index contributed by atoms with van der Waals surface area (Å²) in [5.74, 6) is 0.900. The molecule has 0 bridgehead atoms. The van der Waals surface area contributed by atoms with Crippen LogP contribution in [0.1, 0.15) is 49.8 Å². The second-order valence-corrected chi connectivity index (χ2v) is 7.98. The van der Waals surface area contributed by atoms with Crippen LogP contribution in [0.15, 0.2) is 24.3 Å². The highest BCUT2D eigenvalue weighted by molar-refractivity contribution is 6.30. The van der Waals surface area contributed by atoms with Crippen LogP contribution in [0.2, 0.25) is 5.02 Å². The first-order chi connectivity index (χ1) is 12.3. The van der Waals surface area contributed by atoms with Gasteiger partial charge < -0.3 is 5.32 Å². The molecule has 2 aliphatic rings. The van der Waals surface area contributed by atoms with Gasteiger partial charge in [-0.3, -0.25) is 4.68 Å². The lowest BCUT2D eigenvalue weighted by Gasteiger charge is -2.21. The quantitative estimate of drug-likeness (QED) is 0.846. The molecule has 0 radical (unpaired) electrons. The van der Waals surface area contributed by atoms with Gasteiger partial charge in [0.05, 0.1) is 5.69 Å². The van der Waals surface area contributed by atoms with Crippen LogP contribution in [0.4, 0.5) is 0 Å². The zero-order chi connectivity index (χ0) is 17.1. The molecule has 134 valence electrons. The Balaban J connectivity index is 1.60. The van der Waals surface area contributed by atoms with E-state index >= 15 is 0 Å².